The molecule has 0 bridgehead atoms. The van der Waals surface area contributed by atoms with E-state index < -0.39 is 12.2 Å². The number of alkyl halides is 3. The Labute approximate surface area is 137 Å². The van der Waals surface area contributed by atoms with Crippen LogP contribution in [0, 0.1) is 0 Å². The van der Waals surface area contributed by atoms with Crippen LogP contribution in [0.2, 0.25) is 0 Å². The Balaban J connectivity index is 2.00. The van der Waals surface area contributed by atoms with E-state index in [-0.39, 0.29) is 0 Å². The molecule has 23 heavy (non-hydrogen) atoms. The number of anilines is 1. The zero-order chi connectivity index (χ0) is 16.4. The molecule has 0 spiro atoms. The zero-order valence-corrected chi connectivity index (χ0v) is 13.2. The van der Waals surface area contributed by atoms with Crippen LogP contribution < -0.4 is 10.4 Å². The third kappa shape index (κ3) is 3.38. The first-order valence-electron chi connectivity index (χ1n) is 7.03. The third-order valence-electron chi connectivity index (χ3n) is 3.59. The highest BCUT2D eigenvalue weighted by molar-refractivity contribution is 7.98. The molecule has 1 heterocycles. The minimum absolute atomic E-state index is 0.506. The van der Waals surface area contributed by atoms with Gasteiger partial charge < -0.3 is 0 Å². The first kappa shape index (κ1) is 16.0. The summed E-state index contributed by atoms with van der Waals surface area (Å²) in [5.41, 5.74) is 4.45. The molecule has 1 atom stereocenters. The number of nitrogens with one attached hydrogen (secondary N) is 1. The van der Waals surface area contributed by atoms with Crippen LogP contribution in [0.5, 0.6) is 0 Å². The van der Waals surface area contributed by atoms with Gasteiger partial charge in [0.25, 0.3) is 0 Å². The van der Waals surface area contributed by atoms with E-state index in [1.807, 2.05) is 36.6 Å². The number of hydrogen-bond donors (Lipinski definition) is 1. The molecule has 3 rings (SSSR count). The van der Waals surface area contributed by atoms with Crippen molar-refractivity contribution in [2.45, 2.75) is 17.1 Å². The first-order chi connectivity index (χ1) is 11.0. The summed E-state index contributed by atoms with van der Waals surface area (Å²) < 4.78 is 39.4. The van der Waals surface area contributed by atoms with Crippen LogP contribution in [0.3, 0.4) is 0 Å². The molecular weight excluding hydrogens is 321 g/mol. The van der Waals surface area contributed by atoms with Gasteiger partial charge in [0.2, 0.25) is 0 Å². The summed E-state index contributed by atoms with van der Waals surface area (Å²) in [6.07, 6.45) is -1.16. The summed E-state index contributed by atoms with van der Waals surface area (Å²) in [4.78, 5) is 1.07. The maximum Gasteiger partial charge on any atom is 0.409 e. The SMILES string of the molecule is CSc1ccc(C2=CC(C(F)(F)F)NN2c2ccccc2)cc1. The van der Waals surface area contributed by atoms with Crippen LogP contribution in [-0.2, 0) is 0 Å². The molecule has 1 unspecified atom stereocenters. The second kappa shape index (κ2) is 6.29. The van der Waals surface area contributed by atoms with Crippen LogP contribution in [0.4, 0.5) is 18.9 Å². The smallest absolute Gasteiger partial charge is 0.276 e. The highest BCUT2D eigenvalue weighted by Crippen LogP contribution is 2.34. The van der Waals surface area contributed by atoms with E-state index in [2.05, 4.69) is 5.43 Å². The van der Waals surface area contributed by atoms with Gasteiger partial charge in [0.15, 0.2) is 0 Å². The lowest BCUT2D eigenvalue weighted by Gasteiger charge is -2.25. The van der Waals surface area contributed by atoms with Crippen molar-refractivity contribution in [3.63, 3.8) is 0 Å². The van der Waals surface area contributed by atoms with Crippen molar-refractivity contribution in [2.24, 2.45) is 0 Å². The summed E-state index contributed by atoms with van der Waals surface area (Å²) in [5, 5.41) is 1.49. The van der Waals surface area contributed by atoms with Crippen molar-refractivity contribution in [1.82, 2.24) is 5.43 Å². The minimum atomic E-state index is -4.34. The molecule has 2 aromatic rings. The lowest BCUT2D eigenvalue weighted by Crippen LogP contribution is -2.44. The lowest BCUT2D eigenvalue weighted by atomic mass is 10.1. The Morgan fingerprint density at radius 3 is 2.22 bits per heavy atom. The highest BCUT2D eigenvalue weighted by Gasteiger charge is 2.43. The van der Waals surface area contributed by atoms with Gasteiger partial charge in [-0.15, -0.1) is 11.8 Å². The van der Waals surface area contributed by atoms with Crippen molar-refractivity contribution in [2.75, 3.05) is 11.3 Å². The number of hydrazine groups is 1. The molecule has 6 heteroatoms. The van der Waals surface area contributed by atoms with E-state index in [0.717, 1.165) is 10.5 Å². The van der Waals surface area contributed by atoms with Crippen LogP contribution >= 0.6 is 11.8 Å². The molecule has 1 N–H and O–H groups in total. The number of halogens is 3. The Morgan fingerprint density at radius 1 is 1.00 bits per heavy atom. The molecule has 1 aliphatic heterocycles. The summed E-state index contributed by atoms with van der Waals surface area (Å²) in [6, 6.07) is 14.8. The molecule has 0 radical (unpaired) electrons. The maximum atomic E-state index is 13.1. The minimum Gasteiger partial charge on any atom is -0.276 e. The van der Waals surface area contributed by atoms with E-state index in [1.165, 1.54) is 11.1 Å². The predicted molar refractivity (Wildman–Crippen MR) is 88.1 cm³/mol. The van der Waals surface area contributed by atoms with Crippen LogP contribution in [0.1, 0.15) is 5.56 Å². The number of nitrogens with zero attached hydrogens (tertiary/aromatic N) is 1. The van der Waals surface area contributed by atoms with E-state index in [9.17, 15) is 13.2 Å². The Morgan fingerprint density at radius 2 is 1.65 bits per heavy atom. The lowest BCUT2D eigenvalue weighted by molar-refractivity contribution is -0.142. The first-order valence-corrected chi connectivity index (χ1v) is 8.26. The van der Waals surface area contributed by atoms with Gasteiger partial charge in [-0.1, -0.05) is 30.3 Å². The van der Waals surface area contributed by atoms with Gasteiger partial charge in [-0.25, -0.2) is 5.43 Å². The van der Waals surface area contributed by atoms with Gasteiger partial charge in [0.05, 0.1) is 11.4 Å². The largest absolute Gasteiger partial charge is 0.409 e. The van der Waals surface area contributed by atoms with E-state index in [4.69, 9.17) is 0 Å². The summed E-state index contributed by atoms with van der Waals surface area (Å²) in [6.45, 7) is 0. The van der Waals surface area contributed by atoms with Crippen molar-refractivity contribution in [3.05, 3.63) is 66.2 Å². The van der Waals surface area contributed by atoms with Crippen molar-refractivity contribution in [1.29, 1.82) is 0 Å². The van der Waals surface area contributed by atoms with Gasteiger partial charge in [0.1, 0.15) is 6.04 Å². The summed E-state index contributed by atoms with van der Waals surface area (Å²) in [5.74, 6) is 0. The fourth-order valence-corrected chi connectivity index (χ4v) is 2.83. The monoisotopic (exact) mass is 336 g/mol. The highest BCUT2D eigenvalue weighted by atomic mass is 32.2. The number of para-hydroxylation sites is 1. The number of thioether (sulfide) groups is 1. The standard InChI is InChI=1S/C17H15F3N2S/c1-23-14-9-7-12(8-10-14)15-11-16(17(18,19)20)21-22(15)13-5-3-2-4-6-13/h2-11,16,21H,1H3. The molecule has 0 aliphatic carbocycles. The maximum absolute atomic E-state index is 13.1. The predicted octanol–water partition coefficient (Wildman–Crippen LogP) is 4.71. The van der Waals surface area contributed by atoms with E-state index >= 15 is 0 Å². The second-order valence-electron chi connectivity index (χ2n) is 5.10. The normalized spacial score (nSPS) is 18.2. The van der Waals surface area contributed by atoms with Crippen molar-refractivity contribution >= 4 is 23.1 Å². The Bertz CT molecular complexity index is 696. The van der Waals surface area contributed by atoms with Crippen LogP contribution in [-0.4, -0.2) is 18.5 Å². The van der Waals surface area contributed by atoms with E-state index in [0.29, 0.717) is 11.4 Å². The molecule has 0 saturated carbocycles. The molecule has 2 aromatic carbocycles. The van der Waals surface area contributed by atoms with Gasteiger partial charge in [0, 0.05) is 4.90 Å². The average Bonchev–Trinajstić information content (AvgIpc) is 3.01. The molecule has 120 valence electrons. The fraction of sp³-hybridized carbons (Fsp3) is 0.176. The summed E-state index contributed by atoms with van der Waals surface area (Å²) >= 11 is 1.59. The number of hydrogen-bond acceptors (Lipinski definition) is 3. The Kier molecular flexibility index (Phi) is 4.37. The zero-order valence-electron chi connectivity index (χ0n) is 12.3. The van der Waals surface area contributed by atoms with Gasteiger partial charge >= 0.3 is 6.18 Å². The number of benzene rings is 2. The average molecular weight is 336 g/mol. The van der Waals surface area contributed by atoms with Gasteiger partial charge in [-0.3, -0.25) is 5.01 Å². The topological polar surface area (TPSA) is 15.3 Å². The molecular formula is C17H15F3N2S. The molecule has 2 nitrogen and oxygen atoms in total. The van der Waals surface area contributed by atoms with Crippen LogP contribution in [0.25, 0.3) is 5.70 Å². The van der Waals surface area contributed by atoms with Gasteiger partial charge in [-0.05, 0) is 42.2 Å². The van der Waals surface area contributed by atoms with Crippen LogP contribution in [0.15, 0.2) is 65.6 Å². The van der Waals surface area contributed by atoms with Gasteiger partial charge in [-0.2, -0.15) is 13.2 Å². The van der Waals surface area contributed by atoms with E-state index in [1.54, 1.807) is 36.0 Å². The molecule has 0 saturated heterocycles. The fourth-order valence-electron chi connectivity index (χ4n) is 2.42. The number of rotatable bonds is 3. The second-order valence-corrected chi connectivity index (χ2v) is 5.98. The van der Waals surface area contributed by atoms with Crippen molar-refractivity contribution < 1.29 is 13.2 Å². The Hall–Kier alpha value is -1.92. The molecule has 0 amide bonds. The third-order valence-corrected chi connectivity index (χ3v) is 4.33. The molecule has 1 aliphatic rings. The van der Waals surface area contributed by atoms with Crippen molar-refractivity contribution in [3.8, 4) is 0 Å². The quantitative estimate of drug-likeness (QED) is 0.818. The molecule has 0 aromatic heterocycles. The molecule has 0 fully saturated rings. The summed E-state index contributed by atoms with van der Waals surface area (Å²) in [7, 11) is 0.